The van der Waals surface area contributed by atoms with Gasteiger partial charge in [-0.3, -0.25) is 4.79 Å². The molecule has 0 saturated carbocycles. The molecule has 0 fully saturated rings. The van der Waals surface area contributed by atoms with E-state index in [9.17, 15) is 4.79 Å². The highest BCUT2D eigenvalue weighted by Crippen LogP contribution is 2.33. The maximum Gasteiger partial charge on any atom is 0.224 e. The number of benzene rings is 2. The van der Waals surface area contributed by atoms with E-state index in [0.717, 1.165) is 28.2 Å². The van der Waals surface area contributed by atoms with Crippen molar-refractivity contribution in [3.63, 3.8) is 0 Å². The van der Waals surface area contributed by atoms with Crippen LogP contribution in [0.5, 0.6) is 11.5 Å². The highest BCUT2D eigenvalue weighted by molar-refractivity contribution is 6.42. The summed E-state index contributed by atoms with van der Waals surface area (Å²) in [6.07, 6.45) is 0.228. The average molecular weight is 446 g/mol. The lowest BCUT2D eigenvalue weighted by atomic mass is 10.1. The third-order valence-corrected chi connectivity index (χ3v) is 5.79. The van der Waals surface area contributed by atoms with Crippen LogP contribution in [0.3, 0.4) is 0 Å². The number of aryl methyl sites for hydroxylation is 1. The normalized spacial score (nSPS) is 12.7. The zero-order valence-corrected chi connectivity index (χ0v) is 18.2. The molecule has 2 aromatic carbocycles. The molecular formula is C22H21Cl2N3O3. The lowest BCUT2D eigenvalue weighted by Gasteiger charge is -2.21. The number of aromatic nitrogens is 2. The van der Waals surface area contributed by atoms with Crippen LogP contribution in [0.1, 0.15) is 22.5 Å². The number of rotatable bonds is 5. The van der Waals surface area contributed by atoms with Crippen LogP contribution in [0.25, 0.3) is 5.69 Å². The first-order chi connectivity index (χ1) is 14.4. The summed E-state index contributed by atoms with van der Waals surface area (Å²) >= 11 is 12.2. The molecule has 1 N–H and O–H groups in total. The fraction of sp³-hybridized carbons (Fsp3) is 0.273. The fourth-order valence-electron chi connectivity index (χ4n) is 3.49. The predicted molar refractivity (Wildman–Crippen MR) is 116 cm³/mol. The van der Waals surface area contributed by atoms with Gasteiger partial charge >= 0.3 is 0 Å². The Balaban J connectivity index is 1.48. The number of nitrogens with one attached hydrogen (secondary N) is 1. The molecule has 0 spiro atoms. The van der Waals surface area contributed by atoms with Gasteiger partial charge in [0.05, 0.1) is 27.8 Å². The summed E-state index contributed by atoms with van der Waals surface area (Å²) in [5.41, 5.74) is 4.25. The minimum atomic E-state index is -0.0933. The van der Waals surface area contributed by atoms with E-state index < -0.39 is 0 Å². The van der Waals surface area contributed by atoms with Crippen molar-refractivity contribution < 1.29 is 14.3 Å². The topological polar surface area (TPSA) is 65.4 Å². The molecule has 1 amide bonds. The minimum absolute atomic E-state index is 0.0933. The fourth-order valence-corrected chi connectivity index (χ4v) is 3.78. The summed E-state index contributed by atoms with van der Waals surface area (Å²) in [5, 5.41) is 8.49. The van der Waals surface area contributed by atoms with Gasteiger partial charge in [0.1, 0.15) is 13.2 Å². The second-order valence-electron chi connectivity index (χ2n) is 7.05. The van der Waals surface area contributed by atoms with Crippen LogP contribution in [0.2, 0.25) is 10.0 Å². The summed E-state index contributed by atoms with van der Waals surface area (Å²) in [5.74, 6) is 1.32. The molecule has 0 aliphatic carbocycles. The molecule has 1 aromatic heterocycles. The molecule has 1 aliphatic heterocycles. The van der Waals surface area contributed by atoms with Crippen molar-refractivity contribution in [2.75, 3.05) is 13.2 Å². The summed E-state index contributed by atoms with van der Waals surface area (Å²) in [7, 11) is 0. The first-order valence-corrected chi connectivity index (χ1v) is 10.3. The summed E-state index contributed by atoms with van der Waals surface area (Å²) < 4.78 is 13.1. The third-order valence-electron chi connectivity index (χ3n) is 5.05. The van der Waals surface area contributed by atoms with Crippen molar-refractivity contribution in [2.24, 2.45) is 0 Å². The molecule has 0 unspecified atom stereocenters. The van der Waals surface area contributed by atoms with Crippen LogP contribution >= 0.6 is 23.2 Å². The molecule has 156 valence electrons. The standard InChI is InChI=1S/C22H21Cl2N3O3/c1-13-17(14(2)27(26-13)16-6-7-18(23)19(24)10-16)11-21(28)25-12-15-4-3-5-20-22(15)30-9-8-29-20/h3-7,10H,8-9,11-12H2,1-2H3,(H,25,28). The molecule has 0 bridgehead atoms. The SMILES string of the molecule is Cc1nn(-c2ccc(Cl)c(Cl)c2)c(C)c1CC(=O)NCc1cccc2c1OCCO2. The molecule has 0 atom stereocenters. The van der Waals surface area contributed by atoms with E-state index in [1.54, 1.807) is 16.8 Å². The van der Waals surface area contributed by atoms with Crippen molar-refractivity contribution in [3.8, 4) is 17.2 Å². The Bertz CT molecular complexity index is 1110. The number of hydrogen-bond donors (Lipinski definition) is 1. The lowest BCUT2D eigenvalue weighted by molar-refractivity contribution is -0.120. The van der Waals surface area contributed by atoms with Crippen LogP contribution in [0.4, 0.5) is 0 Å². The van der Waals surface area contributed by atoms with Gasteiger partial charge in [-0.1, -0.05) is 35.3 Å². The van der Waals surface area contributed by atoms with Crippen molar-refractivity contribution in [3.05, 3.63) is 69.0 Å². The van der Waals surface area contributed by atoms with Gasteiger partial charge in [-0.15, -0.1) is 0 Å². The lowest BCUT2D eigenvalue weighted by Crippen LogP contribution is -2.26. The second-order valence-corrected chi connectivity index (χ2v) is 7.87. The van der Waals surface area contributed by atoms with E-state index >= 15 is 0 Å². The first kappa shape index (κ1) is 20.6. The Morgan fingerprint density at radius 3 is 2.73 bits per heavy atom. The Morgan fingerprint density at radius 1 is 1.13 bits per heavy atom. The average Bonchev–Trinajstić information content (AvgIpc) is 3.02. The number of ether oxygens (including phenoxy) is 2. The Hall–Kier alpha value is -2.70. The van der Waals surface area contributed by atoms with Gasteiger partial charge in [0.15, 0.2) is 11.5 Å². The number of fused-ring (bicyclic) bond motifs is 1. The predicted octanol–water partition coefficient (Wildman–Crippen LogP) is 4.43. The molecule has 1 aliphatic rings. The summed E-state index contributed by atoms with van der Waals surface area (Å²) in [6, 6.07) is 11.0. The monoisotopic (exact) mass is 445 g/mol. The molecule has 6 nitrogen and oxygen atoms in total. The van der Waals surface area contributed by atoms with E-state index in [4.69, 9.17) is 32.7 Å². The Morgan fingerprint density at radius 2 is 1.93 bits per heavy atom. The molecule has 0 saturated heterocycles. The quantitative estimate of drug-likeness (QED) is 0.630. The molecule has 0 radical (unpaired) electrons. The van der Waals surface area contributed by atoms with Crippen LogP contribution < -0.4 is 14.8 Å². The highest BCUT2D eigenvalue weighted by Gasteiger charge is 2.18. The Labute approximate surface area is 184 Å². The highest BCUT2D eigenvalue weighted by atomic mass is 35.5. The number of nitrogens with zero attached hydrogens (tertiary/aromatic N) is 2. The van der Waals surface area contributed by atoms with Gasteiger partial charge in [-0.25, -0.2) is 4.68 Å². The van der Waals surface area contributed by atoms with E-state index in [2.05, 4.69) is 10.4 Å². The third kappa shape index (κ3) is 4.11. The summed E-state index contributed by atoms with van der Waals surface area (Å²) in [6.45, 7) is 5.23. The second kappa shape index (κ2) is 8.58. The molecule has 2 heterocycles. The van der Waals surface area contributed by atoms with Gasteiger partial charge in [-0.05, 0) is 38.1 Å². The van der Waals surface area contributed by atoms with Gasteiger partial charge in [-0.2, -0.15) is 5.10 Å². The van der Waals surface area contributed by atoms with Crippen molar-refractivity contribution in [1.82, 2.24) is 15.1 Å². The van der Waals surface area contributed by atoms with Crippen LogP contribution in [-0.4, -0.2) is 28.9 Å². The number of carbonyl (C=O) groups excluding carboxylic acids is 1. The van der Waals surface area contributed by atoms with Gasteiger partial charge in [0.25, 0.3) is 0 Å². The molecule has 30 heavy (non-hydrogen) atoms. The van der Waals surface area contributed by atoms with E-state index in [0.29, 0.717) is 41.3 Å². The van der Waals surface area contributed by atoms with E-state index in [1.807, 2.05) is 38.1 Å². The maximum atomic E-state index is 12.6. The van der Waals surface area contributed by atoms with Gasteiger partial charge in [0, 0.05) is 23.4 Å². The van der Waals surface area contributed by atoms with Crippen LogP contribution in [-0.2, 0) is 17.8 Å². The van der Waals surface area contributed by atoms with Crippen molar-refractivity contribution >= 4 is 29.1 Å². The van der Waals surface area contributed by atoms with E-state index in [-0.39, 0.29) is 12.3 Å². The molecule has 3 aromatic rings. The van der Waals surface area contributed by atoms with E-state index in [1.165, 1.54) is 0 Å². The zero-order chi connectivity index (χ0) is 21.3. The summed E-state index contributed by atoms with van der Waals surface area (Å²) in [4.78, 5) is 12.6. The largest absolute Gasteiger partial charge is 0.486 e. The van der Waals surface area contributed by atoms with Crippen molar-refractivity contribution in [2.45, 2.75) is 26.8 Å². The number of amides is 1. The number of halogens is 2. The minimum Gasteiger partial charge on any atom is -0.486 e. The molecular weight excluding hydrogens is 425 g/mol. The van der Waals surface area contributed by atoms with Crippen LogP contribution in [0, 0.1) is 13.8 Å². The van der Waals surface area contributed by atoms with Crippen LogP contribution in [0.15, 0.2) is 36.4 Å². The number of carbonyl (C=O) groups is 1. The van der Waals surface area contributed by atoms with Gasteiger partial charge < -0.3 is 14.8 Å². The van der Waals surface area contributed by atoms with Crippen molar-refractivity contribution in [1.29, 1.82) is 0 Å². The molecule has 8 heteroatoms. The van der Waals surface area contributed by atoms with Gasteiger partial charge in [0.2, 0.25) is 5.91 Å². The Kier molecular flexibility index (Phi) is 5.88. The number of hydrogen-bond acceptors (Lipinski definition) is 4. The zero-order valence-electron chi connectivity index (χ0n) is 16.7. The maximum absolute atomic E-state index is 12.6. The first-order valence-electron chi connectivity index (χ1n) is 9.58. The molecule has 4 rings (SSSR count). The number of para-hydroxylation sites is 1. The smallest absolute Gasteiger partial charge is 0.224 e.